The second-order valence-corrected chi connectivity index (χ2v) is 7.21. The Kier molecular flexibility index (Phi) is 4.99. The molecule has 1 aromatic heterocycles. The lowest BCUT2D eigenvalue weighted by Gasteiger charge is -2.28. The van der Waals surface area contributed by atoms with Gasteiger partial charge in [0.05, 0.1) is 0 Å². The number of hydrogen-bond acceptors (Lipinski definition) is 4. The van der Waals surface area contributed by atoms with Crippen molar-refractivity contribution < 1.29 is 8.42 Å². The van der Waals surface area contributed by atoms with Crippen molar-refractivity contribution in [1.29, 1.82) is 0 Å². The zero-order valence-corrected chi connectivity index (χ0v) is 12.9. The van der Waals surface area contributed by atoms with Gasteiger partial charge < -0.3 is 5.32 Å². The summed E-state index contributed by atoms with van der Waals surface area (Å²) in [6.07, 6.45) is 6.34. The van der Waals surface area contributed by atoms with Crippen LogP contribution >= 0.6 is 0 Å². The summed E-state index contributed by atoms with van der Waals surface area (Å²) < 4.78 is 27.5. The van der Waals surface area contributed by atoms with Gasteiger partial charge in [-0.05, 0) is 30.4 Å². The first-order valence-electron chi connectivity index (χ1n) is 7.17. The molecule has 1 aliphatic carbocycles. The van der Waals surface area contributed by atoms with Gasteiger partial charge in [0.2, 0.25) is 10.0 Å². The van der Waals surface area contributed by atoms with Crippen molar-refractivity contribution in [3.05, 3.63) is 18.3 Å². The SMILES string of the molecule is CNc1ncccc1S(=O)(=O)NCC1CCCCC1C. The third kappa shape index (κ3) is 3.49. The molecule has 2 atom stereocenters. The number of nitrogens with zero attached hydrogens (tertiary/aromatic N) is 1. The van der Waals surface area contributed by atoms with E-state index in [1.165, 1.54) is 19.3 Å². The molecule has 0 amide bonds. The minimum Gasteiger partial charge on any atom is -0.372 e. The van der Waals surface area contributed by atoms with E-state index in [1.54, 1.807) is 25.4 Å². The van der Waals surface area contributed by atoms with Crippen LogP contribution in [-0.2, 0) is 10.0 Å². The minimum atomic E-state index is -3.50. The summed E-state index contributed by atoms with van der Waals surface area (Å²) in [6, 6.07) is 3.21. The van der Waals surface area contributed by atoms with E-state index in [4.69, 9.17) is 0 Å². The van der Waals surface area contributed by atoms with Crippen LogP contribution in [0.15, 0.2) is 23.2 Å². The highest BCUT2D eigenvalue weighted by Gasteiger charge is 2.25. The number of aromatic nitrogens is 1. The summed E-state index contributed by atoms with van der Waals surface area (Å²) >= 11 is 0. The lowest BCUT2D eigenvalue weighted by Crippen LogP contribution is -2.33. The van der Waals surface area contributed by atoms with Gasteiger partial charge in [0, 0.05) is 19.8 Å². The summed E-state index contributed by atoms with van der Waals surface area (Å²) in [5.41, 5.74) is 0. The molecule has 112 valence electrons. The van der Waals surface area contributed by atoms with Gasteiger partial charge in [-0.15, -0.1) is 0 Å². The molecule has 2 rings (SSSR count). The number of nitrogens with one attached hydrogen (secondary N) is 2. The maximum atomic E-state index is 12.4. The first-order valence-corrected chi connectivity index (χ1v) is 8.65. The molecule has 2 N–H and O–H groups in total. The zero-order chi connectivity index (χ0) is 14.6. The third-order valence-corrected chi connectivity index (χ3v) is 5.58. The van der Waals surface area contributed by atoms with E-state index in [0.29, 0.717) is 24.2 Å². The first-order chi connectivity index (χ1) is 9.54. The molecule has 1 aromatic rings. The van der Waals surface area contributed by atoms with Gasteiger partial charge in [0.25, 0.3) is 0 Å². The summed E-state index contributed by atoms with van der Waals surface area (Å²) in [5, 5.41) is 2.82. The fourth-order valence-electron chi connectivity index (χ4n) is 2.79. The van der Waals surface area contributed by atoms with Crippen LogP contribution in [0.1, 0.15) is 32.6 Å². The van der Waals surface area contributed by atoms with E-state index in [1.807, 2.05) is 0 Å². The van der Waals surface area contributed by atoms with Crippen molar-refractivity contribution >= 4 is 15.8 Å². The van der Waals surface area contributed by atoms with E-state index in [2.05, 4.69) is 21.9 Å². The van der Waals surface area contributed by atoms with Gasteiger partial charge in [-0.1, -0.05) is 26.2 Å². The second kappa shape index (κ2) is 6.54. The Morgan fingerprint density at radius 1 is 1.35 bits per heavy atom. The van der Waals surface area contributed by atoms with Gasteiger partial charge >= 0.3 is 0 Å². The van der Waals surface area contributed by atoms with E-state index >= 15 is 0 Å². The van der Waals surface area contributed by atoms with E-state index in [-0.39, 0.29) is 4.90 Å². The summed E-state index contributed by atoms with van der Waals surface area (Å²) in [4.78, 5) is 4.26. The first kappa shape index (κ1) is 15.3. The van der Waals surface area contributed by atoms with Crippen LogP contribution in [0.2, 0.25) is 0 Å². The van der Waals surface area contributed by atoms with Crippen molar-refractivity contribution in [2.45, 2.75) is 37.5 Å². The van der Waals surface area contributed by atoms with Crippen LogP contribution in [-0.4, -0.2) is 27.0 Å². The number of pyridine rings is 1. The molecule has 0 saturated heterocycles. The van der Waals surface area contributed by atoms with Crippen molar-refractivity contribution in [2.24, 2.45) is 11.8 Å². The molecular weight excluding hydrogens is 274 g/mol. The zero-order valence-electron chi connectivity index (χ0n) is 12.1. The van der Waals surface area contributed by atoms with Crippen LogP contribution < -0.4 is 10.0 Å². The van der Waals surface area contributed by atoms with Crippen LogP contribution in [0.3, 0.4) is 0 Å². The van der Waals surface area contributed by atoms with Gasteiger partial charge in [-0.25, -0.2) is 18.1 Å². The molecule has 1 aliphatic rings. The maximum absolute atomic E-state index is 12.4. The average Bonchev–Trinajstić information content (AvgIpc) is 2.46. The lowest BCUT2D eigenvalue weighted by molar-refractivity contribution is 0.257. The van der Waals surface area contributed by atoms with Crippen LogP contribution in [0.5, 0.6) is 0 Å². The largest absolute Gasteiger partial charge is 0.372 e. The summed E-state index contributed by atoms with van der Waals surface area (Å²) in [6.45, 7) is 2.72. The molecule has 1 heterocycles. The number of hydrogen-bond donors (Lipinski definition) is 2. The third-order valence-electron chi connectivity index (χ3n) is 4.12. The predicted molar refractivity (Wildman–Crippen MR) is 80.1 cm³/mol. The average molecular weight is 297 g/mol. The fraction of sp³-hybridized carbons (Fsp3) is 0.643. The van der Waals surface area contributed by atoms with Crippen LogP contribution in [0, 0.1) is 11.8 Å². The van der Waals surface area contributed by atoms with Crippen molar-refractivity contribution in [1.82, 2.24) is 9.71 Å². The molecule has 0 radical (unpaired) electrons. The molecule has 0 aromatic carbocycles. The highest BCUT2D eigenvalue weighted by Crippen LogP contribution is 2.29. The Morgan fingerprint density at radius 3 is 2.80 bits per heavy atom. The topological polar surface area (TPSA) is 71.1 Å². The predicted octanol–water partition coefficient (Wildman–Crippen LogP) is 2.23. The highest BCUT2D eigenvalue weighted by molar-refractivity contribution is 7.89. The molecule has 0 bridgehead atoms. The van der Waals surface area contributed by atoms with E-state index < -0.39 is 10.0 Å². The molecule has 1 fully saturated rings. The number of anilines is 1. The Morgan fingerprint density at radius 2 is 2.10 bits per heavy atom. The van der Waals surface area contributed by atoms with Gasteiger partial charge in [-0.2, -0.15) is 0 Å². The van der Waals surface area contributed by atoms with Gasteiger partial charge in [0.1, 0.15) is 10.7 Å². The molecular formula is C14H23N3O2S. The van der Waals surface area contributed by atoms with Crippen molar-refractivity contribution in [3.63, 3.8) is 0 Å². The molecule has 0 aliphatic heterocycles. The summed E-state index contributed by atoms with van der Waals surface area (Å²) in [5.74, 6) is 1.41. The molecule has 20 heavy (non-hydrogen) atoms. The monoisotopic (exact) mass is 297 g/mol. The maximum Gasteiger partial charge on any atom is 0.244 e. The quantitative estimate of drug-likeness (QED) is 0.874. The molecule has 1 saturated carbocycles. The Hall–Kier alpha value is -1.14. The van der Waals surface area contributed by atoms with Gasteiger partial charge in [-0.3, -0.25) is 0 Å². The van der Waals surface area contributed by atoms with Crippen LogP contribution in [0.4, 0.5) is 5.82 Å². The highest BCUT2D eigenvalue weighted by atomic mass is 32.2. The molecule has 5 nitrogen and oxygen atoms in total. The minimum absolute atomic E-state index is 0.214. The second-order valence-electron chi connectivity index (χ2n) is 5.47. The van der Waals surface area contributed by atoms with Crippen molar-refractivity contribution in [3.8, 4) is 0 Å². The Balaban J connectivity index is 2.07. The summed E-state index contributed by atoms with van der Waals surface area (Å²) in [7, 11) is -1.83. The van der Waals surface area contributed by atoms with E-state index in [9.17, 15) is 8.42 Å². The van der Waals surface area contributed by atoms with Crippen LogP contribution in [0.25, 0.3) is 0 Å². The molecule has 2 unspecified atom stereocenters. The molecule has 0 spiro atoms. The van der Waals surface area contributed by atoms with Crippen molar-refractivity contribution in [2.75, 3.05) is 18.9 Å². The Bertz CT molecular complexity index is 545. The normalized spacial score (nSPS) is 23.5. The smallest absolute Gasteiger partial charge is 0.244 e. The van der Waals surface area contributed by atoms with Gasteiger partial charge in [0.15, 0.2) is 0 Å². The Labute approximate surface area is 121 Å². The number of rotatable bonds is 5. The lowest BCUT2D eigenvalue weighted by atomic mass is 9.81. The fourth-order valence-corrected chi connectivity index (χ4v) is 4.04. The standard InChI is InChI=1S/C14H23N3O2S/c1-11-6-3-4-7-12(11)10-17-20(18,19)13-8-5-9-16-14(13)15-2/h5,8-9,11-12,17H,3-4,6-7,10H2,1-2H3,(H,15,16). The van der Waals surface area contributed by atoms with E-state index in [0.717, 1.165) is 6.42 Å². The number of sulfonamides is 1. The molecule has 6 heteroatoms.